The molecule has 2 aliphatic heterocycles. The average molecular weight is 520 g/mol. The van der Waals surface area contributed by atoms with Gasteiger partial charge in [0.25, 0.3) is 0 Å². The van der Waals surface area contributed by atoms with Gasteiger partial charge in [-0.25, -0.2) is 4.79 Å². The van der Waals surface area contributed by atoms with E-state index in [1.54, 1.807) is 12.1 Å². The van der Waals surface area contributed by atoms with E-state index in [4.69, 9.17) is 17.0 Å². The molecule has 9 heteroatoms. The number of aromatic carboxylic acids is 1. The van der Waals surface area contributed by atoms with E-state index in [9.17, 15) is 9.90 Å². The molecular weight excluding hydrogens is 486 g/mol. The highest BCUT2D eigenvalue weighted by atomic mass is 32.1. The number of thiocarbonyl (C=S) groups is 1. The summed E-state index contributed by atoms with van der Waals surface area (Å²) in [6.45, 7) is 9.40. The molecule has 8 nitrogen and oxygen atoms in total. The van der Waals surface area contributed by atoms with E-state index in [-0.39, 0.29) is 17.6 Å². The van der Waals surface area contributed by atoms with Gasteiger partial charge in [0.1, 0.15) is 0 Å². The second-order valence-electron chi connectivity index (χ2n) is 9.61. The Bertz CT molecular complexity index is 1270. The number of hydrogen-bond donors (Lipinski definition) is 2. The minimum Gasteiger partial charge on any atom is -0.478 e. The quantitative estimate of drug-likeness (QED) is 0.434. The van der Waals surface area contributed by atoms with Gasteiger partial charge in [-0.15, -0.1) is 0 Å². The van der Waals surface area contributed by atoms with Crippen molar-refractivity contribution in [2.75, 3.05) is 39.4 Å². The van der Waals surface area contributed by atoms with Crippen LogP contribution in [0.15, 0.2) is 54.7 Å². The summed E-state index contributed by atoms with van der Waals surface area (Å²) in [6.07, 6.45) is 2.79. The summed E-state index contributed by atoms with van der Waals surface area (Å²) < 4.78 is 7.54. The second kappa shape index (κ2) is 11.0. The molecule has 2 saturated heterocycles. The zero-order chi connectivity index (χ0) is 25.9. The van der Waals surface area contributed by atoms with Crippen LogP contribution in [0.25, 0.3) is 5.69 Å². The van der Waals surface area contributed by atoms with Crippen molar-refractivity contribution in [3.05, 3.63) is 82.9 Å². The summed E-state index contributed by atoms with van der Waals surface area (Å²) in [6, 6.07) is 15.1. The fourth-order valence-corrected chi connectivity index (χ4v) is 5.91. The standard InChI is InChI=1S/C28H33N5O3S/c1-19-18-22(20(2)33(19)24-10-4-3-8-21(24)27(34)35)26-25(23-9-5-6-11-29-23)30-28(37)32(26)13-7-12-31-14-16-36-17-15-31/h3-6,8-11,18,25-26H,7,12-17H2,1-2H3,(H,30,37)(H,34,35). The molecule has 0 amide bonds. The Balaban J connectivity index is 1.51. The first-order chi connectivity index (χ1) is 18.0. The van der Waals surface area contributed by atoms with Crippen LogP contribution in [-0.4, -0.2) is 74.9 Å². The molecule has 0 bridgehead atoms. The lowest BCUT2D eigenvalue weighted by molar-refractivity contribution is 0.0365. The molecule has 0 radical (unpaired) electrons. The largest absolute Gasteiger partial charge is 0.478 e. The van der Waals surface area contributed by atoms with Crippen LogP contribution in [0.2, 0.25) is 0 Å². The van der Waals surface area contributed by atoms with Crippen molar-refractivity contribution >= 4 is 23.3 Å². The summed E-state index contributed by atoms with van der Waals surface area (Å²) in [7, 11) is 0. The molecule has 2 atom stereocenters. The van der Waals surface area contributed by atoms with Crippen molar-refractivity contribution in [3.8, 4) is 5.69 Å². The summed E-state index contributed by atoms with van der Waals surface area (Å²) >= 11 is 5.86. The van der Waals surface area contributed by atoms with E-state index in [2.05, 4.69) is 33.1 Å². The number of carboxylic acid groups (broad SMARTS) is 1. The molecule has 5 rings (SSSR count). The predicted octanol–water partition coefficient (Wildman–Crippen LogP) is 3.88. The lowest BCUT2D eigenvalue weighted by atomic mass is 9.96. The minimum atomic E-state index is -0.940. The van der Waals surface area contributed by atoms with Gasteiger partial charge >= 0.3 is 5.97 Å². The van der Waals surface area contributed by atoms with Gasteiger partial charge < -0.3 is 24.6 Å². The van der Waals surface area contributed by atoms with Gasteiger partial charge in [-0.05, 0) is 68.4 Å². The Morgan fingerprint density at radius 2 is 1.89 bits per heavy atom. The van der Waals surface area contributed by atoms with Crippen LogP contribution in [-0.2, 0) is 4.74 Å². The lowest BCUT2D eigenvalue weighted by Gasteiger charge is -2.30. The molecule has 37 heavy (non-hydrogen) atoms. The molecule has 3 aromatic rings. The number of morpholine rings is 1. The van der Waals surface area contributed by atoms with Crippen LogP contribution in [0.1, 0.15) is 51.5 Å². The zero-order valence-electron chi connectivity index (χ0n) is 21.3. The molecule has 0 saturated carbocycles. The van der Waals surface area contributed by atoms with E-state index >= 15 is 0 Å². The Labute approximate surface area is 222 Å². The van der Waals surface area contributed by atoms with Crippen molar-refractivity contribution in [1.82, 2.24) is 24.7 Å². The van der Waals surface area contributed by atoms with E-state index in [1.165, 1.54) is 0 Å². The number of carbonyl (C=O) groups is 1. The maximum absolute atomic E-state index is 12.0. The van der Waals surface area contributed by atoms with Gasteiger partial charge in [0.05, 0.1) is 42.2 Å². The number of aromatic nitrogens is 2. The number of aryl methyl sites for hydroxylation is 1. The van der Waals surface area contributed by atoms with E-state index in [0.717, 1.165) is 73.6 Å². The topological polar surface area (TPSA) is 82.9 Å². The van der Waals surface area contributed by atoms with Crippen LogP contribution in [0.5, 0.6) is 0 Å². The molecule has 4 heterocycles. The van der Waals surface area contributed by atoms with Crippen molar-refractivity contribution in [1.29, 1.82) is 0 Å². The predicted molar refractivity (Wildman–Crippen MR) is 146 cm³/mol. The molecule has 2 aliphatic rings. The average Bonchev–Trinajstić information content (AvgIpc) is 3.39. The van der Waals surface area contributed by atoms with Gasteiger partial charge in [0.2, 0.25) is 0 Å². The van der Waals surface area contributed by atoms with Gasteiger partial charge in [0.15, 0.2) is 5.11 Å². The number of nitrogens with zero attached hydrogens (tertiary/aromatic N) is 4. The lowest BCUT2D eigenvalue weighted by Crippen LogP contribution is -2.39. The van der Waals surface area contributed by atoms with Crippen LogP contribution in [0.4, 0.5) is 0 Å². The molecule has 194 valence electrons. The van der Waals surface area contributed by atoms with E-state index in [0.29, 0.717) is 5.69 Å². The fraction of sp³-hybridized carbons (Fsp3) is 0.393. The maximum Gasteiger partial charge on any atom is 0.337 e. The Morgan fingerprint density at radius 1 is 1.14 bits per heavy atom. The first kappa shape index (κ1) is 25.4. The number of carboxylic acids is 1. The molecule has 2 N–H and O–H groups in total. The molecule has 1 aromatic carbocycles. The van der Waals surface area contributed by atoms with Crippen LogP contribution in [0.3, 0.4) is 0 Å². The number of ether oxygens (including phenoxy) is 1. The number of pyridine rings is 1. The maximum atomic E-state index is 12.0. The Hall–Kier alpha value is -3.27. The number of nitrogens with one attached hydrogen (secondary N) is 1. The van der Waals surface area contributed by atoms with Crippen molar-refractivity contribution in [2.24, 2.45) is 0 Å². The molecule has 0 spiro atoms. The highest BCUT2D eigenvalue weighted by molar-refractivity contribution is 7.80. The smallest absolute Gasteiger partial charge is 0.337 e. The fourth-order valence-electron chi connectivity index (χ4n) is 5.58. The monoisotopic (exact) mass is 519 g/mol. The van der Waals surface area contributed by atoms with E-state index < -0.39 is 5.97 Å². The summed E-state index contributed by atoms with van der Waals surface area (Å²) in [5, 5.41) is 14.1. The highest BCUT2D eigenvalue weighted by Crippen LogP contribution is 2.41. The third-order valence-electron chi connectivity index (χ3n) is 7.34. The van der Waals surface area contributed by atoms with E-state index in [1.807, 2.05) is 48.0 Å². The SMILES string of the molecule is Cc1cc(C2C(c3ccccn3)NC(=S)N2CCCN2CCOCC2)c(C)n1-c1ccccc1C(=O)O. The Morgan fingerprint density at radius 3 is 2.62 bits per heavy atom. The zero-order valence-corrected chi connectivity index (χ0v) is 22.1. The van der Waals surface area contributed by atoms with Gasteiger partial charge in [-0.3, -0.25) is 9.88 Å². The van der Waals surface area contributed by atoms with Crippen LogP contribution >= 0.6 is 12.2 Å². The summed E-state index contributed by atoms with van der Waals surface area (Å²) in [4.78, 5) is 21.4. The Kier molecular flexibility index (Phi) is 7.55. The molecule has 2 aromatic heterocycles. The second-order valence-corrected chi connectivity index (χ2v) is 10.00. The van der Waals surface area contributed by atoms with Gasteiger partial charge in [0, 0.05) is 43.8 Å². The molecule has 2 fully saturated rings. The van der Waals surface area contributed by atoms with Crippen LogP contribution < -0.4 is 5.32 Å². The third kappa shape index (κ3) is 5.12. The third-order valence-corrected chi connectivity index (χ3v) is 7.69. The molecule has 2 unspecified atom stereocenters. The van der Waals surface area contributed by atoms with Crippen molar-refractivity contribution < 1.29 is 14.6 Å². The minimum absolute atomic E-state index is 0.0657. The van der Waals surface area contributed by atoms with Crippen LogP contribution in [0, 0.1) is 13.8 Å². The first-order valence-electron chi connectivity index (χ1n) is 12.8. The van der Waals surface area contributed by atoms with Gasteiger partial charge in [-0.1, -0.05) is 18.2 Å². The number of benzene rings is 1. The molecular formula is C28H33N5O3S. The number of hydrogen-bond acceptors (Lipinski definition) is 5. The normalized spacial score (nSPS) is 20.3. The van der Waals surface area contributed by atoms with Crippen molar-refractivity contribution in [3.63, 3.8) is 0 Å². The number of rotatable bonds is 8. The first-order valence-corrected chi connectivity index (χ1v) is 13.2. The summed E-state index contributed by atoms with van der Waals surface area (Å²) in [5.41, 5.74) is 4.97. The van der Waals surface area contributed by atoms with Gasteiger partial charge in [-0.2, -0.15) is 0 Å². The summed E-state index contributed by atoms with van der Waals surface area (Å²) in [5.74, 6) is -0.940. The van der Waals surface area contributed by atoms with Crippen molar-refractivity contribution in [2.45, 2.75) is 32.4 Å². The highest BCUT2D eigenvalue weighted by Gasteiger charge is 2.41. The molecule has 0 aliphatic carbocycles. The number of para-hydroxylation sites is 1.